The van der Waals surface area contributed by atoms with E-state index in [0.717, 1.165) is 5.56 Å². The fraction of sp³-hybridized carbons (Fsp3) is 0.400. The molecule has 0 spiro atoms. The molecule has 4 heteroatoms. The summed E-state index contributed by atoms with van der Waals surface area (Å²) in [6.45, 7) is 0.331. The van der Waals surface area contributed by atoms with Crippen LogP contribution in [0, 0.1) is 5.82 Å². The van der Waals surface area contributed by atoms with Crippen LogP contribution in [0.5, 0.6) is 0 Å². The molecule has 1 N–H and O–H groups in total. The van der Waals surface area contributed by atoms with Gasteiger partial charge in [0.15, 0.2) is 0 Å². The second-order valence-electron chi connectivity index (χ2n) is 2.99. The maximum absolute atomic E-state index is 13.0. The van der Waals surface area contributed by atoms with Crippen LogP contribution in [0.3, 0.4) is 0 Å². The van der Waals surface area contributed by atoms with Crippen molar-refractivity contribution >= 4 is 12.4 Å². The first-order chi connectivity index (χ1) is 6.22. The quantitative estimate of drug-likeness (QED) is 0.823. The molecule has 14 heavy (non-hydrogen) atoms. The van der Waals surface area contributed by atoms with E-state index in [4.69, 9.17) is 0 Å². The average Bonchev–Trinajstić information content (AvgIpc) is 2.09. The van der Waals surface area contributed by atoms with E-state index >= 15 is 0 Å². The van der Waals surface area contributed by atoms with E-state index in [9.17, 15) is 8.78 Å². The molecule has 1 rings (SSSR count). The second kappa shape index (κ2) is 6.74. The van der Waals surface area contributed by atoms with Gasteiger partial charge >= 0.3 is 0 Å². The van der Waals surface area contributed by atoms with Crippen LogP contribution >= 0.6 is 12.4 Å². The Morgan fingerprint density at radius 2 is 1.86 bits per heavy atom. The molecule has 0 saturated carbocycles. The predicted octanol–water partition coefficient (Wildman–Crippen LogP) is 2.35. The zero-order chi connectivity index (χ0) is 9.68. The summed E-state index contributed by atoms with van der Waals surface area (Å²) in [5, 5.41) is 2.75. The van der Waals surface area contributed by atoms with Crippen LogP contribution in [-0.2, 0) is 6.42 Å². The van der Waals surface area contributed by atoms with Gasteiger partial charge in [0.05, 0.1) is 0 Å². The Morgan fingerprint density at radius 1 is 1.29 bits per heavy atom. The Balaban J connectivity index is 0.00000169. The monoisotopic (exact) mass is 221 g/mol. The Morgan fingerprint density at radius 3 is 2.36 bits per heavy atom. The topological polar surface area (TPSA) is 12.0 Å². The lowest BCUT2D eigenvalue weighted by Crippen LogP contribution is -2.21. The zero-order valence-corrected chi connectivity index (χ0v) is 8.78. The van der Waals surface area contributed by atoms with Gasteiger partial charge in [0.1, 0.15) is 12.0 Å². The first kappa shape index (κ1) is 13.3. The number of alkyl halides is 1. The number of hydrogen-bond acceptors (Lipinski definition) is 1. The van der Waals surface area contributed by atoms with Crippen molar-refractivity contribution in [2.75, 3.05) is 13.6 Å². The fourth-order valence-electron chi connectivity index (χ4n) is 1.17. The van der Waals surface area contributed by atoms with Crippen LogP contribution in [0.15, 0.2) is 24.3 Å². The predicted molar refractivity (Wildman–Crippen MR) is 56.2 cm³/mol. The summed E-state index contributed by atoms with van der Waals surface area (Å²) in [4.78, 5) is 0. The van der Waals surface area contributed by atoms with Gasteiger partial charge in [-0.15, -0.1) is 12.4 Å². The average molecular weight is 222 g/mol. The summed E-state index contributed by atoms with van der Waals surface area (Å²) in [6, 6.07) is 5.91. The summed E-state index contributed by atoms with van der Waals surface area (Å²) in [7, 11) is 1.71. The lowest BCUT2D eigenvalue weighted by atomic mass is 10.1. The number of rotatable bonds is 4. The third-order valence-electron chi connectivity index (χ3n) is 1.80. The third-order valence-corrected chi connectivity index (χ3v) is 1.80. The summed E-state index contributed by atoms with van der Waals surface area (Å²) in [5.74, 6) is -0.284. The molecule has 0 aliphatic carbocycles. The van der Waals surface area contributed by atoms with E-state index in [0.29, 0.717) is 13.0 Å². The Bertz CT molecular complexity index is 251. The number of benzene rings is 1. The molecule has 1 aromatic rings. The minimum Gasteiger partial charge on any atom is -0.317 e. The first-order valence-electron chi connectivity index (χ1n) is 4.25. The number of nitrogens with one attached hydrogen (secondary N) is 1. The Kier molecular flexibility index (Phi) is 6.41. The molecule has 0 radical (unpaired) electrons. The maximum Gasteiger partial charge on any atom is 0.123 e. The molecule has 1 unspecified atom stereocenters. The van der Waals surface area contributed by atoms with Crippen LogP contribution in [0.25, 0.3) is 0 Å². The molecule has 0 saturated heterocycles. The molecule has 0 bridgehead atoms. The highest BCUT2D eigenvalue weighted by Gasteiger charge is 2.05. The molecule has 1 nitrogen and oxygen atoms in total. The Labute approximate surface area is 88.9 Å². The smallest absolute Gasteiger partial charge is 0.123 e. The second-order valence-corrected chi connectivity index (χ2v) is 2.99. The molecule has 0 aromatic heterocycles. The van der Waals surface area contributed by atoms with E-state index < -0.39 is 6.17 Å². The SMILES string of the molecule is CNCC(F)Cc1ccc(F)cc1.Cl. The highest BCUT2D eigenvalue weighted by molar-refractivity contribution is 5.85. The summed E-state index contributed by atoms with van der Waals surface area (Å²) < 4.78 is 25.5. The third kappa shape index (κ3) is 4.53. The normalized spacial score (nSPS) is 11.9. The molecule has 80 valence electrons. The largest absolute Gasteiger partial charge is 0.317 e. The van der Waals surface area contributed by atoms with Crippen molar-refractivity contribution in [3.8, 4) is 0 Å². The maximum atomic E-state index is 13.0. The van der Waals surface area contributed by atoms with Gasteiger partial charge in [0.2, 0.25) is 0 Å². The van der Waals surface area contributed by atoms with E-state index in [1.807, 2.05) is 0 Å². The van der Waals surface area contributed by atoms with Crippen molar-refractivity contribution in [1.29, 1.82) is 0 Å². The van der Waals surface area contributed by atoms with Crippen molar-refractivity contribution in [3.63, 3.8) is 0 Å². The van der Waals surface area contributed by atoms with E-state index in [-0.39, 0.29) is 18.2 Å². The molecule has 1 aromatic carbocycles. The van der Waals surface area contributed by atoms with Crippen LogP contribution in [-0.4, -0.2) is 19.8 Å². The molecular formula is C10H14ClF2N. The van der Waals surface area contributed by atoms with Crippen molar-refractivity contribution in [3.05, 3.63) is 35.6 Å². The number of halogens is 3. The van der Waals surface area contributed by atoms with Crippen LogP contribution < -0.4 is 5.32 Å². The van der Waals surface area contributed by atoms with E-state index in [1.54, 1.807) is 19.2 Å². The molecule has 0 aliphatic rings. The summed E-state index contributed by atoms with van der Waals surface area (Å²) in [5.41, 5.74) is 0.823. The minimum atomic E-state index is -0.907. The van der Waals surface area contributed by atoms with Crippen LogP contribution in [0.2, 0.25) is 0 Å². The standard InChI is InChI=1S/C10H13F2N.ClH/c1-13-7-10(12)6-8-2-4-9(11)5-3-8;/h2-5,10,13H,6-7H2,1H3;1H. The van der Waals surface area contributed by atoms with Gasteiger partial charge in [0.25, 0.3) is 0 Å². The van der Waals surface area contributed by atoms with Crippen molar-refractivity contribution in [2.45, 2.75) is 12.6 Å². The van der Waals surface area contributed by atoms with Crippen LogP contribution in [0.4, 0.5) is 8.78 Å². The number of hydrogen-bond donors (Lipinski definition) is 1. The van der Waals surface area contributed by atoms with Gasteiger partial charge in [-0.2, -0.15) is 0 Å². The summed E-state index contributed by atoms with van der Waals surface area (Å²) in [6.07, 6.45) is -0.573. The Hall–Kier alpha value is -0.670. The zero-order valence-electron chi connectivity index (χ0n) is 7.97. The van der Waals surface area contributed by atoms with Gasteiger partial charge in [-0.3, -0.25) is 0 Å². The van der Waals surface area contributed by atoms with Gasteiger partial charge < -0.3 is 5.32 Å². The molecule has 0 aliphatic heterocycles. The highest BCUT2D eigenvalue weighted by Crippen LogP contribution is 2.07. The highest BCUT2D eigenvalue weighted by atomic mass is 35.5. The molecule has 0 heterocycles. The van der Waals surface area contributed by atoms with Crippen molar-refractivity contribution in [1.82, 2.24) is 5.32 Å². The van der Waals surface area contributed by atoms with E-state index in [1.165, 1.54) is 12.1 Å². The first-order valence-corrected chi connectivity index (χ1v) is 4.25. The molecule has 0 amide bonds. The van der Waals surface area contributed by atoms with E-state index in [2.05, 4.69) is 5.32 Å². The van der Waals surface area contributed by atoms with Crippen molar-refractivity contribution in [2.24, 2.45) is 0 Å². The molecule has 1 atom stereocenters. The van der Waals surface area contributed by atoms with Gasteiger partial charge in [-0.05, 0) is 24.7 Å². The van der Waals surface area contributed by atoms with Crippen LogP contribution in [0.1, 0.15) is 5.56 Å². The van der Waals surface area contributed by atoms with Crippen molar-refractivity contribution < 1.29 is 8.78 Å². The molecule has 0 fully saturated rings. The fourth-order valence-corrected chi connectivity index (χ4v) is 1.17. The van der Waals surface area contributed by atoms with Gasteiger partial charge in [-0.1, -0.05) is 12.1 Å². The van der Waals surface area contributed by atoms with Gasteiger partial charge in [0, 0.05) is 13.0 Å². The minimum absolute atomic E-state index is 0. The molecular weight excluding hydrogens is 208 g/mol. The lowest BCUT2D eigenvalue weighted by molar-refractivity contribution is 0.324. The lowest BCUT2D eigenvalue weighted by Gasteiger charge is -2.06. The van der Waals surface area contributed by atoms with Gasteiger partial charge in [-0.25, -0.2) is 8.78 Å². The summed E-state index contributed by atoms with van der Waals surface area (Å²) >= 11 is 0.